The van der Waals surface area contributed by atoms with E-state index in [1.165, 1.54) is 0 Å². The molecule has 0 fully saturated rings. The summed E-state index contributed by atoms with van der Waals surface area (Å²) < 4.78 is 0. The van der Waals surface area contributed by atoms with E-state index in [1.54, 1.807) is 0 Å². The van der Waals surface area contributed by atoms with Crippen molar-refractivity contribution in [3.63, 3.8) is 0 Å². The van der Waals surface area contributed by atoms with Crippen LogP contribution >= 0.6 is 0 Å². The maximum Gasteiger partial charge on any atom is 0.328 e. The summed E-state index contributed by atoms with van der Waals surface area (Å²) in [5, 5.41) is 2.60. The van der Waals surface area contributed by atoms with Gasteiger partial charge < -0.3 is 20.7 Å². The van der Waals surface area contributed by atoms with Gasteiger partial charge in [0.15, 0.2) is 0 Å². The van der Waals surface area contributed by atoms with Gasteiger partial charge >= 0.3 is 6.03 Å². The van der Waals surface area contributed by atoms with Gasteiger partial charge in [-0.2, -0.15) is 0 Å². The first-order chi connectivity index (χ1) is 16.8. The molecule has 0 rings (SSSR count). The van der Waals surface area contributed by atoms with Gasteiger partial charge in [0.05, 0.1) is 19.8 Å². The molecular weight excluding hydrogens is 464 g/mol. The number of Topliss-reactive ketones (excluding diaryl/α,β-unsaturated/α-hetero) is 1. The van der Waals surface area contributed by atoms with E-state index in [2.05, 4.69) is 26.8 Å². The highest BCUT2D eigenvalue weighted by atomic mass is 16.6. The van der Waals surface area contributed by atoms with Crippen LogP contribution in [0.4, 0.5) is 4.79 Å². The van der Waals surface area contributed by atoms with Crippen LogP contribution in [0, 0.1) is 0 Å². The van der Waals surface area contributed by atoms with Gasteiger partial charge in [-0.05, 0) is 32.1 Å². The lowest BCUT2D eigenvalue weighted by Crippen LogP contribution is -2.40. The minimum atomic E-state index is -0.353. The summed E-state index contributed by atoms with van der Waals surface area (Å²) in [6, 6.07) is -0.353. The first kappa shape index (κ1) is 37.1. The zero-order chi connectivity index (χ0) is 27.2. The zero-order valence-corrected chi connectivity index (χ0v) is 20.5. The van der Waals surface area contributed by atoms with Crippen LogP contribution in [0.3, 0.4) is 0 Å². The average molecular weight is 511 g/mol. The molecule has 16 nitrogen and oxygen atoms in total. The summed E-state index contributed by atoms with van der Waals surface area (Å²) in [5.74, 6) is 23.6. The van der Waals surface area contributed by atoms with E-state index in [1.807, 2.05) is 16.3 Å². The zero-order valence-electron chi connectivity index (χ0n) is 20.5. The highest BCUT2D eigenvalue weighted by molar-refractivity contribution is 5.80. The van der Waals surface area contributed by atoms with Crippen LogP contribution in [0.25, 0.3) is 0 Å². The lowest BCUT2D eigenvalue weighted by Gasteiger charge is -2.03. The third kappa shape index (κ3) is 36.3. The van der Waals surface area contributed by atoms with E-state index in [4.69, 9.17) is 23.3 Å². The molecule has 0 atom stereocenters. The second-order valence-corrected chi connectivity index (χ2v) is 7.10. The molecule has 0 bridgehead atoms. The van der Waals surface area contributed by atoms with E-state index in [0.29, 0.717) is 51.9 Å². The molecule has 16 heteroatoms. The minimum Gasteiger partial charge on any atom is -0.337 e. The molecule has 0 aromatic heterocycles. The normalized spacial score (nSPS) is 9.54. The van der Waals surface area contributed by atoms with Gasteiger partial charge in [0, 0.05) is 25.8 Å². The third-order valence-corrected chi connectivity index (χ3v) is 4.18. The van der Waals surface area contributed by atoms with Gasteiger partial charge in [0.2, 0.25) is 11.8 Å². The van der Waals surface area contributed by atoms with Crippen LogP contribution in [0.15, 0.2) is 0 Å². The van der Waals surface area contributed by atoms with Crippen molar-refractivity contribution in [2.75, 3.05) is 26.3 Å². The summed E-state index contributed by atoms with van der Waals surface area (Å²) in [7, 11) is 0. The Balaban J connectivity index is -0.000000474. The molecule has 4 amide bonds. The molecule has 0 radical (unpaired) electrons. The Morgan fingerprint density at radius 1 is 0.600 bits per heavy atom. The largest absolute Gasteiger partial charge is 0.337 e. The van der Waals surface area contributed by atoms with Crippen LogP contribution in [-0.4, -0.2) is 49.9 Å². The molecule has 0 aliphatic carbocycles. The highest BCUT2D eigenvalue weighted by Crippen LogP contribution is 2.05. The monoisotopic (exact) mass is 510 g/mol. The Hall–Kier alpha value is -2.44. The van der Waals surface area contributed by atoms with Crippen molar-refractivity contribution in [2.45, 2.75) is 70.6 Å². The van der Waals surface area contributed by atoms with Crippen molar-refractivity contribution in [3.05, 3.63) is 0 Å². The number of nitrogens with two attached hydrogens (primary N) is 6. The molecule has 0 spiro atoms. The van der Waals surface area contributed by atoms with Gasteiger partial charge in [-0.1, -0.05) is 19.3 Å². The summed E-state index contributed by atoms with van der Waals surface area (Å²) in [5.41, 5.74) is 11.2. The number of hydrogen-bond acceptors (Lipinski definition) is 12. The van der Waals surface area contributed by atoms with Gasteiger partial charge in [-0.25, -0.2) is 34.1 Å². The number of rotatable bonds is 18. The van der Waals surface area contributed by atoms with Crippen LogP contribution in [0.5, 0.6) is 0 Å². The molecule has 0 saturated carbocycles. The lowest BCUT2D eigenvalue weighted by molar-refractivity contribution is -0.123. The summed E-state index contributed by atoms with van der Waals surface area (Å²) in [6.45, 7) is 1.78. The van der Waals surface area contributed by atoms with Crippen molar-refractivity contribution >= 4 is 23.6 Å². The van der Waals surface area contributed by atoms with E-state index in [9.17, 15) is 19.2 Å². The summed E-state index contributed by atoms with van der Waals surface area (Å²) in [6.07, 6.45) is 8.28. The van der Waals surface area contributed by atoms with Crippen molar-refractivity contribution in [1.82, 2.24) is 21.6 Å². The molecule has 0 aliphatic rings. The Morgan fingerprint density at radius 2 is 1.06 bits per heavy atom. The number of hydrazine groups is 3. The molecule has 0 heterocycles. The maximum absolute atomic E-state index is 10.9. The molecule has 0 unspecified atom stereocenters. The van der Waals surface area contributed by atoms with Crippen molar-refractivity contribution in [1.29, 1.82) is 0 Å². The minimum absolute atomic E-state index is 0.126. The van der Waals surface area contributed by atoms with Gasteiger partial charge in [0.1, 0.15) is 5.78 Å². The van der Waals surface area contributed by atoms with Crippen LogP contribution in [0.2, 0.25) is 0 Å². The predicted molar refractivity (Wildman–Crippen MR) is 131 cm³/mol. The Kier molecular flexibility index (Phi) is 33.5. The number of hydrogen-bond donors (Lipinski definition) is 10. The summed E-state index contributed by atoms with van der Waals surface area (Å²) in [4.78, 5) is 51.1. The van der Waals surface area contributed by atoms with Gasteiger partial charge in [0.25, 0.3) is 0 Å². The van der Waals surface area contributed by atoms with Crippen molar-refractivity contribution in [2.24, 2.45) is 35.1 Å². The fourth-order valence-corrected chi connectivity index (χ4v) is 2.27. The van der Waals surface area contributed by atoms with E-state index >= 15 is 0 Å². The molecular formula is C19H46N10O6. The van der Waals surface area contributed by atoms with Gasteiger partial charge in [-0.3, -0.25) is 30.7 Å². The second kappa shape index (κ2) is 31.6. The Morgan fingerprint density at radius 3 is 1.49 bits per heavy atom. The average Bonchev–Trinajstić information content (AvgIpc) is 2.88. The fourth-order valence-electron chi connectivity index (χ4n) is 2.27. The second-order valence-electron chi connectivity index (χ2n) is 7.10. The summed E-state index contributed by atoms with van der Waals surface area (Å²) >= 11 is 0. The van der Waals surface area contributed by atoms with Crippen LogP contribution in [-0.2, 0) is 24.1 Å². The van der Waals surface area contributed by atoms with Gasteiger partial charge in [-0.15, -0.1) is 0 Å². The number of amides is 4. The third-order valence-electron chi connectivity index (χ3n) is 4.18. The number of carbonyl (C=O) groups is 4. The molecule has 208 valence electrons. The number of carbonyl (C=O) groups excluding carboxylic acids is 4. The van der Waals surface area contributed by atoms with E-state index in [0.717, 1.165) is 38.5 Å². The van der Waals surface area contributed by atoms with Crippen molar-refractivity contribution < 1.29 is 28.9 Å². The van der Waals surface area contributed by atoms with E-state index in [-0.39, 0.29) is 30.2 Å². The molecule has 0 aromatic carbocycles. The number of unbranched alkanes of at least 4 members (excludes halogenated alkanes) is 5. The Bertz CT molecular complexity index is 484. The topological polar surface area (TPSA) is 291 Å². The van der Waals surface area contributed by atoms with E-state index < -0.39 is 0 Å². The lowest BCUT2D eigenvalue weighted by atomic mass is 10.1. The highest BCUT2D eigenvalue weighted by Gasteiger charge is 2.01. The van der Waals surface area contributed by atoms with Crippen LogP contribution < -0.4 is 56.6 Å². The molecule has 35 heavy (non-hydrogen) atoms. The number of ketones is 1. The SMILES string of the molecule is NCC(=O)CCCCCCCNC(=O)NN.NNC(=O)CCCCC(=O)NN.NOCCCON. The smallest absolute Gasteiger partial charge is 0.328 e. The van der Waals surface area contributed by atoms with Crippen molar-refractivity contribution in [3.8, 4) is 0 Å². The quantitative estimate of drug-likeness (QED) is 0.0403. The Labute approximate surface area is 206 Å². The molecule has 0 aliphatic heterocycles. The first-order valence-corrected chi connectivity index (χ1v) is 11.4. The maximum atomic E-state index is 10.9. The number of urea groups is 1. The number of nitrogens with one attached hydrogen (secondary N) is 4. The van der Waals surface area contributed by atoms with Crippen LogP contribution in [0.1, 0.15) is 70.6 Å². The molecule has 16 N–H and O–H groups in total. The fraction of sp³-hybridized carbons (Fsp3) is 0.789. The predicted octanol–water partition coefficient (Wildman–Crippen LogP) is -2.29. The molecule has 0 aromatic rings. The first-order valence-electron chi connectivity index (χ1n) is 11.4. The standard InChI is InChI=1S/C10H22N4O2.C6H14N4O2.C3H10N2O2/c11-8-9(15)6-4-2-1-3-5-7-13-10(16)14-12;7-9-5(11)3-1-2-4-6(12)10-8;4-6-2-1-3-7-5/h1-8,11-12H2,(H2,13,14,16);1-4,7-8H2,(H,9,11)(H,10,12);1-5H2. The molecule has 0 saturated heterocycles.